The number of piperidine rings is 1. The van der Waals surface area contributed by atoms with Gasteiger partial charge in [0.15, 0.2) is 6.61 Å². The molecule has 1 N–H and O–H groups in total. The van der Waals surface area contributed by atoms with Gasteiger partial charge >= 0.3 is 5.97 Å². The number of hydrogen-bond acceptors (Lipinski definition) is 5. The van der Waals surface area contributed by atoms with Crippen molar-refractivity contribution in [1.29, 1.82) is 0 Å². The fourth-order valence-electron chi connectivity index (χ4n) is 2.30. The molecule has 0 unspecified atom stereocenters. The van der Waals surface area contributed by atoms with Gasteiger partial charge in [-0.1, -0.05) is 6.42 Å². The predicted octanol–water partition coefficient (Wildman–Crippen LogP) is 0.764. The second kappa shape index (κ2) is 7.56. The van der Waals surface area contributed by atoms with E-state index in [-0.39, 0.29) is 17.1 Å². The Hall–Kier alpha value is -1.93. The van der Waals surface area contributed by atoms with Crippen molar-refractivity contribution in [3.63, 3.8) is 0 Å². The van der Waals surface area contributed by atoms with E-state index in [9.17, 15) is 18.0 Å². The summed E-state index contributed by atoms with van der Waals surface area (Å²) in [5, 5.41) is 2.34. The van der Waals surface area contributed by atoms with E-state index >= 15 is 0 Å². The number of hydrogen-bond donors (Lipinski definition) is 1. The summed E-state index contributed by atoms with van der Waals surface area (Å²) in [5.74, 6) is -1.09. The van der Waals surface area contributed by atoms with Crippen molar-refractivity contribution in [3.05, 3.63) is 29.8 Å². The molecule has 8 heteroatoms. The third-order valence-corrected chi connectivity index (χ3v) is 5.57. The van der Waals surface area contributed by atoms with Gasteiger partial charge in [0.25, 0.3) is 5.91 Å². The molecule has 2 rings (SSSR count). The van der Waals surface area contributed by atoms with Crippen LogP contribution in [0.1, 0.15) is 29.6 Å². The van der Waals surface area contributed by atoms with Gasteiger partial charge < -0.3 is 10.1 Å². The second-order valence-corrected chi connectivity index (χ2v) is 7.18. The zero-order valence-electron chi connectivity index (χ0n) is 12.9. The number of sulfonamides is 1. The van der Waals surface area contributed by atoms with Crippen molar-refractivity contribution in [2.45, 2.75) is 24.2 Å². The minimum atomic E-state index is -3.52. The van der Waals surface area contributed by atoms with Crippen LogP contribution in [0, 0.1) is 0 Å². The van der Waals surface area contributed by atoms with Gasteiger partial charge in [0.05, 0.1) is 10.5 Å². The predicted molar refractivity (Wildman–Crippen MR) is 83.4 cm³/mol. The van der Waals surface area contributed by atoms with Crippen molar-refractivity contribution < 1.29 is 22.7 Å². The van der Waals surface area contributed by atoms with E-state index in [1.165, 1.54) is 35.6 Å². The molecule has 1 amide bonds. The van der Waals surface area contributed by atoms with E-state index in [1.54, 1.807) is 0 Å². The first-order valence-electron chi connectivity index (χ1n) is 7.43. The number of amides is 1. The third-order valence-electron chi connectivity index (χ3n) is 3.66. The molecular formula is C15H20N2O5S. The minimum Gasteiger partial charge on any atom is -0.452 e. The SMILES string of the molecule is CNC(=O)COC(=O)c1ccc(S(=O)(=O)N2CCCCC2)cc1. The van der Waals surface area contributed by atoms with Gasteiger partial charge in [-0.15, -0.1) is 0 Å². The molecule has 126 valence electrons. The van der Waals surface area contributed by atoms with Gasteiger partial charge in [0.2, 0.25) is 10.0 Å². The largest absolute Gasteiger partial charge is 0.452 e. The number of ether oxygens (including phenoxy) is 1. The Kier molecular flexibility index (Phi) is 5.73. The molecule has 0 bridgehead atoms. The maximum Gasteiger partial charge on any atom is 0.338 e. The minimum absolute atomic E-state index is 0.155. The summed E-state index contributed by atoms with van der Waals surface area (Å²) in [5.41, 5.74) is 0.200. The Morgan fingerprint density at radius 2 is 1.74 bits per heavy atom. The molecule has 0 aliphatic carbocycles. The first kappa shape index (κ1) is 17.4. The van der Waals surface area contributed by atoms with E-state index in [0.29, 0.717) is 13.1 Å². The molecule has 0 aromatic heterocycles. The maximum absolute atomic E-state index is 12.5. The molecule has 1 aromatic carbocycles. The molecule has 1 aliphatic rings. The van der Waals surface area contributed by atoms with Crippen molar-refractivity contribution in [3.8, 4) is 0 Å². The molecule has 1 fully saturated rings. The van der Waals surface area contributed by atoms with Gasteiger partial charge in [-0.2, -0.15) is 4.31 Å². The van der Waals surface area contributed by atoms with Crippen LogP contribution in [-0.2, 0) is 19.6 Å². The zero-order valence-corrected chi connectivity index (χ0v) is 13.8. The van der Waals surface area contributed by atoms with Crippen LogP contribution < -0.4 is 5.32 Å². The Balaban J connectivity index is 2.06. The smallest absolute Gasteiger partial charge is 0.338 e. The van der Waals surface area contributed by atoms with Crippen LogP contribution in [0.2, 0.25) is 0 Å². The summed E-state index contributed by atoms with van der Waals surface area (Å²) >= 11 is 0. The molecule has 7 nitrogen and oxygen atoms in total. The van der Waals surface area contributed by atoms with Crippen LogP contribution in [0.15, 0.2) is 29.2 Å². The zero-order chi connectivity index (χ0) is 16.9. The normalized spacial score (nSPS) is 15.9. The van der Waals surface area contributed by atoms with Crippen LogP contribution in [0.4, 0.5) is 0 Å². The van der Waals surface area contributed by atoms with Crippen LogP contribution in [0.3, 0.4) is 0 Å². The highest BCUT2D eigenvalue weighted by molar-refractivity contribution is 7.89. The highest BCUT2D eigenvalue weighted by atomic mass is 32.2. The van der Waals surface area contributed by atoms with Crippen LogP contribution in [-0.4, -0.2) is 51.3 Å². The lowest BCUT2D eigenvalue weighted by Gasteiger charge is -2.25. The first-order valence-corrected chi connectivity index (χ1v) is 8.87. The molecule has 23 heavy (non-hydrogen) atoms. The van der Waals surface area contributed by atoms with E-state index in [2.05, 4.69) is 5.32 Å². The van der Waals surface area contributed by atoms with E-state index < -0.39 is 21.9 Å². The summed E-state index contributed by atoms with van der Waals surface area (Å²) in [7, 11) is -2.08. The van der Waals surface area contributed by atoms with E-state index in [4.69, 9.17) is 4.74 Å². The van der Waals surface area contributed by atoms with Gasteiger partial charge in [0.1, 0.15) is 0 Å². The highest BCUT2D eigenvalue weighted by Crippen LogP contribution is 2.21. The number of nitrogens with one attached hydrogen (secondary N) is 1. The highest BCUT2D eigenvalue weighted by Gasteiger charge is 2.26. The molecule has 1 saturated heterocycles. The Bertz CT molecular complexity index is 664. The fraction of sp³-hybridized carbons (Fsp3) is 0.467. The van der Waals surface area contributed by atoms with Gasteiger partial charge in [-0.05, 0) is 37.1 Å². The molecular weight excluding hydrogens is 320 g/mol. The number of esters is 1. The standard InChI is InChI=1S/C15H20N2O5S/c1-16-14(18)11-22-15(19)12-5-7-13(8-6-12)23(20,21)17-9-3-2-4-10-17/h5-8H,2-4,9-11H2,1H3,(H,16,18). The quantitative estimate of drug-likeness (QED) is 0.799. The molecule has 0 atom stereocenters. The molecule has 1 heterocycles. The lowest BCUT2D eigenvalue weighted by atomic mass is 10.2. The van der Waals surface area contributed by atoms with Crippen molar-refractivity contribution >= 4 is 21.9 Å². The number of rotatable bonds is 5. The first-order chi connectivity index (χ1) is 10.9. The van der Waals surface area contributed by atoms with Crippen molar-refractivity contribution in [2.24, 2.45) is 0 Å². The number of carbonyl (C=O) groups excluding carboxylic acids is 2. The lowest BCUT2D eigenvalue weighted by molar-refractivity contribution is -0.123. The molecule has 0 saturated carbocycles. The van der Waals surface area contributed by atoms with E-state index in [0.717, 1.165) is 19.3 Å². The maximum atomic E-state index is 12.5. The number of carbonyl (C=O) groups is 2. The molecule has 0 radical (unpaired) electrons. The van der Waals surface area contributed by atoms with Gasteiger partial charge in [-0.3, -0.25) is 4.79 Å². The molecule has 1 aromatic rings. The Labute approximate surface area is 135 Å². The van der Waals surface area contributed by atoms with E-state index in [1.807, 2.05) is 0 Å². The summed E-state index contributed by atoms with van der Waals surface area (Å²) in [6, 6.07) is 5.56. The van der Waals surface area contributed by atoms with Crippen molar-refractivity contribution in [1.82, 2.24) is 9.62 Å². The van der Waals surface area contributed by atoms with Crippen molar-refractivity contribution in [2.75, 3.05) is 26.7 Å². The average Bonchev–Trinajstić information content (AvgIpc) is 2.60. The fourth-order valence-corrected chi connectivity index (χ4v) is 3.82. The monoisotopic (exact) mass is 340 g/mol. The van der Waals surface area contributed by atoms with Crippen LogP contribution in [0.25, 0.3) is 0 Å². The number of nitrogens with zero attached hydrogens (tertiary/aromatic N) is 1. The Morgan fingerprint density at radius 3 is 2.30 bits per heavy atom. The number of benzene rings is 1. The Morgan fingerprint density at radius 1 is 1.13 bits per heavy atom. The summed E-state index contributed by atoms with van der Waals surface area (Å²) < 4.78 is 31.2. The summed E-state index contributed by atoms with van der Waals surface area (Å²) in [4.78, 5) is 23.0. The molecule has 1 aliphatic heterocycles. The molecule has 0 spiro atoms. The van der Waals surface area contributed by atoms with Gasteiger partial charge in [-0.25, -0.2) is 13.2 Å². The summed E-state index contributed by atoms with van der Waals surface area (Å²) in [6.45, 7) is 0.680. The number of likely N-dealkylation sites (N-methyl/N-ethyl adjacent to an activating group) is 1. The lowest BCUT2D eigenvalue weighted by Crippen LogP contribution is -2.35. The summed E-state index contributed by atoms with van der Waals surface area (Å²) in [6.07, 6.45) is 2.77. The second-order valence-electron chi connectivity index (χ2n) is 5.24. The topological polar surface area (TPSA) is 92.8 Å². The van der Waals surface area contributed by atoms with Crippen LogP contribution in [0.5, 0.6) is 0 Å². The third kappa shape index (κ3) is 4.29. The van der Waals surface area contributed by atoms with Gasteiger partial charge in [0, 0.05) is 20.1 Å². The average molecular weight is 340 g/mol. The van der Waals surface area contributed by atoms with Crippen LogP contribution >= 0.6 is 0 Å².